The normalized spacial score (nSPS) is 10.1. The Labute approximate surface area is 112 Å². The molecule has 2 rings (SSSR count). The van der Waals surface area contributed by atoms with Crippen LogP contribution < -0.4 is 15.2 Å². The van der Waals surface area contributed by atoms with E-state index in [0.717, 1.165) is 10.0 Å². The molecule has 0 aliphatic rings. The van der Waals surface area contributed by atoms with Crippen molar-refractivity contribution >= 4 is 21.9 Å². The fourth-order valence-electron chi connectivity index (χ4n) is 1.28. The number of hydrogen-bond acceptors (Lipinski definition) is 6. The Kier molecular flexibility index (Phi) is 3.93. The highest BCUT2D eigenvalue weighted by Crippen LogP contribution is 2.15. The van der Waals surface area contributed by atoms with Gasteiger partial charge in [0, 0.05) is 4.47 Å². The molecule has 2 aromatic rings. The molecule has 18 heavy (non-hydrogen) atoms. The first-order valence-corrected chi connectivity index (χ1v) is 5.89. The lowest BCUT2D eigenvalue weighted by Gasteiger charge is -2.06. The highest BCUT2D eigenvalue weighted by molar-refractivity contribution is 9.10. The van der Waals surface area contributed by atoms with Gasteiger partial charge in [-0.25, -0.2) is 0 Å². The highest BCUT2D eigenvalue weighted by Gasteiger charge is 2.05. The predicted octanol–water partition coefficient (Wildman–Crippen LogP) is 1.80. The summed E-state index contributed by atoms with van der Waals surface area (Å²) in [6.07, 6.45) is 0. The van der Waals surface area contributed by atoms with E-state index in [1.807, 2.05) is 24.3 Å². The molecule has 1 aromatic heterocycles. The number of nitrogens with zero attached hydrogens (tertiary/aromatic N) is 3. The summed E-state index contributed by atoms with van der Waals surface area (Å²) in [6.45, 7) is 0.339. The van der Waals surface area contributed by atoms with E-state index in [2.05, 4.69) is 30.9 Å². The molecule has 0 aliphatic carbocycles. The minimum Gasteiger partial charge on any atom is -0.467 e. The van der Waals surface area contributed by atoms with Crippen LogP contribution in [0.3, 0.4) is 0 Å². The van der Waals surface area contributed by atoms with E-state index in [4.69, 9.17) is 15.2 Å². The molecule has 2 N–H and O–H groups in total. The van der Waals surface area contributed by atoms with E-state index in [1.54, 1.807) is 0 Å². The minimum absolute atomic E-state index is 0.0612. The fourth-order valence-corrected chi connectivity index (χ4v) is 1.73. The molecule has 6 nitrogen and oxygen atoms in total. The topological polar surface area (TPSA) is 83.2 Å². The number of hydrogen-bond donors (Lipinski definition) is 1. The first kappa shape index (κ1) is 12.6. The fraction of sp³-hybridized carbons (Fsp3) is 0.182. The largest absolute Gasteiger partial charge is 0.467 e. The van der Waals surface area contributed by atoms with E-state index in [9.17, 15) is 0 Å². The first-order chi connectivity index (χ1) is 8.67. The Bertz CT molecular complexity index is 550. The van der Waals surface area contributed by atoms with Crippen LogP contribution in [0.15, 0.2) is 28.7 Å². The van der Waals surface area contributed by atoms with E-state index in [-0.39, 0.29) is 18.0 Å². The average Bonchev–Trinajstić information content (AvgIpc) is 2.36. The van der Waals surface area contributed by atoms with Crippen molar-refractivity contribution in [1.29, 1.82) is 0 Å². The zero-order valence-corrected chi connectivity index (χ0v) is 11.2. The maximum atomic E-state index is 5.50. The van der Waals surface area contributed by atoms with Crippen LogP contribution in [0, 0.1) is 0 Å². The zero-order chi connectivity index (χ0) is 13.0. The van der Waals surface area contributed by atoms with Gasteiger partial charge in [-0.15, -0.1) is 4.98 Å². The van der Waals surface area contributed by atoms with Crippen molar-refractivity contribution < 1.29 is 9.47 Å². The summed E-state index contributed by atoms with van der Waals surface area (Å²) < 4.78 is 11.3. The molecule has 7 heteroatoms. The van der Waals surface area contributed by atoms with Gasteiger partial charge in [0.2, 0.25) is 5.95 Å². The molecule has 0 aliphatic heterocycles. The van der Waals surface area contributed by atoms with Crippen LogP contribution in [-0.4, -0.2) is 22.1 Å². The predicted molar refractivity (Wildman–Crippen MR) is 69.3 cm³/mol. The van der Waals surface area contributed by atoms with E-state index in [1.165, 1.54) is 7.11 Å². The minimum atomic E-state index is 0.0612. The van der Waals surface area contributed by atoms with E-state index in [0.29, 0.717) is 6.61 Å². The molecule has 1 aromatic carbocycles. The van der Waals surface area contributed by atoms with Crippen LogP contribution >= 0.6 is 15.9 Å². The smallest absolute Gasteiger partial charge is 0.324 e. The SMILES string of the molecule is COc1nc(N)nc(OCc2cccc(Br)c2)n1. The van der Waals surface area contributed by atoms with Crippen LogP contribution in [0.5, 0.6) is 12.0 Å². The van der Waals surface area contributed by atoms with Crippen molar-refractivity contribution in [2.24, 2.45) is 0 Å². The number of anilines is 1. The van der Waals surface area contributed by atoms with Gasteiger partial charge in [-0.1, -0.05) is 28.1 Å². The van der Waals surface area contributed by atoms with Gasteiger partial charge < -0.3 is 15.2 Å². The van der Waals surface area contributed by atoms with E-state index < -0.39 is 0 Å². The molecule has 0 unspecified atom stereocenters. The lowest BCUT2D eigenvalue weighted by molar-refractivity contribution is 0.271. The van der Waals surface area contributed by atoms with Crippen molar-refractivity contribution in [3.8, 4) is 12.0 Å². The van der Waals surface area contributed by atoms with Crippen molar-refractivity contribution in [3.63, 3.8) is 0 Å². The molecule has 0 saturated heterocycles. The second-order valence-corrected chi connectivity index (χ2v) is 4.30. The first-order valence-electron chi connectivity index (χ1n) is 5.10. The van der Waals surface area contributed by atoms with Gasteiger partial charge in [0.05, 0.1) is 7.11 Å². The molecular formula is C11H11BrN4O2. The third-order valence-electron chi connectivity index (χ3n) is 2.05. The number of methoxy groups -OCH3 is 1. The molecule has 0 bridgehead atoms. The van der Waals surface area contributed by atoms with Crippen molar-refractivity contribution in [1.82, 2.24) is 15.0 Å². The third kappa shape index (κ3) is 3.30. The van der Waals surface area contributed by atoms with Crippen molar-refractivity contribution in [3.05, 3.63) is 34.3 Å². The van der Waals surface area contributed by atoms with Gasteiger partial charge in [0.25, 0.3) is 0 Å². The van der Waals surface area contributed by atoms with Gasteiger partial charge >= 0.3 is 12.0 Å². The quantitative estimate of drug-likeness (QED) is 0.927. The molecular weight excluding hydrogens is 300 g/mol. The van der Waals surface area contributed by atoms with Crippen LogP contribution in [-0.2, 0) is 6.61 Å². The summed E-state index contributed by atoms with van der Waals surface area (Å²) in [5.74, 6) is 0.0612. The Morgan fingerprint density at radius 3 is 2.72 bits per heavy atom. The Morgan fingerprint density at radius 2 is 2.00 bits per heavy atom. The van der Waals surface area contributed by atoms with Gasteiger partial charge in [-0.05, 0) is 17.7 Å². The number of nitrogen functional groups attached to an aromatic ring is 1. The maximum absolute atomic E-state index is 5.50. The zero-order valence-electron chi connectivity index (χ0n) is 9.63. The highest BCUT2D eigenvalue weighted by atomic mass is 79.9. The number of benzene rings is 1. The third-order valence-corrected chi connectivity index (χ3v) is 2.54. The number of aromatic nitrogens is 3. The summed E-state index contributed by atoms with van der Waals surface area (Å²) in [7, 11) is 1.45. The molecule has 94 valence electrons. The molecule has 0 spiro atoms. The van der Waals surface area contributed by atoms with Crippen LogP contribution in [0.25, 0.3) is 0 Å². The number of nitrogens with two attached hydrogens (primary N) is 1. The van der Waals surface area contributed by atoms with Gasteiger partial charge in [-0.3, -0.25) is 0 Å². The molecule has 0 atom stereocenters. The van der Waals surface area contributed by atoms with Crippen molar-refractivity contribution in [2.75, 3.05) is 12.8 Å². The standard InChI is InChI=1S/C11H11BrN4O2/c1-17-10-14-9(13)15-11(16-10)18-6-7-3-2-4-8(12)5-7/h2-5H,6H2,1H3,(H2,13,14,15,16). The number of rotatable bonds is 4. The van der Waals surface area contributed by atoms with Crippen LogP contribution in [0.2, 0.25) is 0 Å². The summed E-state index contributed by atoms with van der Waals surface area (Å²) in [6, 6.07) is 8.01. The Morgan fingerprint density at radius 1 is 1.22 bits per heavy atom. The molecule has 1 heterocycles. The van der Waals surface area contributed by atoms with Gasteiger partial charge in [-0.2, -0.15) is 9.97 Å². The van der Waals surface area contributed by atoms with Crippen molar-refractivity contribution in [2.45, 2.75) is 6.61 Å². The summed E-state index contributed by atoms with van der Waals surface area (Å²) in [5.41, 5.74) is 6.49. The summed E-state index contributed by atoms with van der Waals surface area (Å²) >= 11 is 3.39. The van der Waals surface area contributed by atoms with Gasteiger partial charge in [0.1, 0.15) is 6.61 Å². The lowest BCUT2D eigenvalue weighted by atomic mass is 10.2. The molecule has 0 amide bonds. The Balaban J connectivity index is 2.08. The van der Waals surface area contributed by atoms with Crippen LogP contribution in [0.1, 0.15) is 5.56 Å². The second-order valence-electron chi connectivity index (χ2n) is 3.38. The maximum Gasteiger partial charge on any atom is 0.324 e. The molecule has 0 radical (unpaired) electrons. The van der Waals surface area contributed by atoms with Gasteiger partial charge in [0.15, 0.2) is 0 Å². The number of ether oxygens (including phenoxy) is 2. The monoisotopic (exact) mass is 310 g/mol. The number of halogens is 1. The van der Waals surface area contributed by atoms with E-state index >= 15 is 0 Å². The lowest BCUT2D eigenvalue weighted by Crippen LogP contribution is -2.05. The second kappa shape index (κ2) is 5.63. The molecule has 0 fully saturated rings. The summed E-state index contributed by atoms with van der Waals surface area (Å²) in [4.78, 5) is 11.6. The summed E-state index contributed by atoms with van der Waals surface area (Å²) in [5, 5.41) is 0. The Hall–Kier alpha value is -1.89. The average molecular weight is 311 g/mol. The van der Waals surface area contributed by atoms with Crippen LogP contribution in [0.4, 0.5) is 5.95 Å². The molecule has 0 saturated carbocycles.